The van der Waals surface area contributed by atoms with Crippen molar-refractivity contribution in [3.63, 3.8) is 0 Å². The highest BCUT2D eigenvalue weighted by atomic mass is 19.4. The van der Waals surface area contributed by atoms with Crippen LogP contribution in [0.2, 0.25) is 0 Å². The van der Waals surface area contributed by atoms with Gasteiger partial charge in [0.15, 0.2) is 0 Å². The van der Waals surface area contributed by atoms with E-state index in [1.165, 1.54) is 6.92 Å². The maximum atomic E-state index is 13.0. The van der Waals surface area contributed by atoms with Gasteiger partial charge in [0.05, 0.1) is 12.5 Å². The molecule has 42 heavy (non-hydrogen) atoms. The fourth-order valence-corrected chi connectivity index (χ4v) is 3.10. The summed E-state index contributed by atoms with van der Waals surface area (Å²) in [6.07, 6.45) is -5.79. The first-order chi connectivity index (χ1) is 19.2. The highest BCUT2D eigenvalue weighted by Gasteiger charge is 2.38. The number of carbonyl (C=O) groups is 8. The minimum absolute atomic E-state index is 0.269. The number of amides is 4. The molecule has 0 unspecified atom stereocenters. The van der Waals surface area contributed by atoms with Gasteiger partial charge < -0.3 is 41.4 Å². The van der Waals surface area contributed by atoms with Crippen LogP contribution in [0.4, 0.5) is 13.2 Å². The number of aldehydes is 1. The van der Waals surface area contributed by atoms with Crippen LogP contribution in [0.3, 0.4) is 0 Å². The number of rotatable bonds is 16. The van der Waals surface area contributed by atoms with E-state index in [4.69, 9.17) is 20.1 Å². The number of carbonyl (C=O) groups excluding carboxylic acids is 5. The van der Waals surface area contributed by atoms with E-state index in [0.717, 1.165) is 0 Å². The molecule has 5 atom stereocenters. The number of hydrogen-bond acceptors (Lipinski definition) is 8. The van der Waals surface area contributed by atoms with E-state index in [1.54, 1.807) is 27.7 Å². The molecule has 0 radical (unpaired) electrons. The fraction of sp³-hybridized carbons (Fsp3) is 0.667. The van der Waals surface area contributed by atoms with E-state index in [-0.39, 0.29) is 18.6 Å². The van der Waals surface area contributed by atoms with Gasteiger partial charge in [-0.15, -0.1) is 0 Å². The highest BCUT2D eigenvalue weighted by Crippen LogP contribution is 2.13. The minimum Gasteiger partial charge on any atom is -0.481 e. The molecule has 0 aromatic rings. The predicted octanol–water partition coefficient (Wildman–Crippen LogP) is -0.181. The third kappa shape index (κ3) is 16.8. The van der Waals surface area contributed by atoms with Gasteiger partial charge in [-0.05, 0) is 18.3 Å². The van der Waals surface area contributed by atoms with Gasteiger partial charge >= 0.3 is 24.1 Å². The summed E-state index contributed by atoms with van der Waals surface area (Å²) in [5, 5.41) is 34.7. The van der Waals surface area contributed by atoms with E-state index in [2.05, 4.69) is 21.3 Å². The predicted molar refractivity (Wildman–Crippen MR) is 137 cm³/mol. The van der Waals surface area contributed by atoms with Crippen molar-refractivity contribution < 1.29 is 66.8 Å². The smallest absolute Gasteiger partial charge is 0.481 e. The molecule has 0 aromatic carbocycles. The molecule has 0 aromatic heterocycles. The third-order valence-corrected chi connectivity index (χ3v) is 5.51. The second-order valence-electron chi connectivity index (χ2n) is 9.44. The molecule has 0 heterocycles. The fourth-order valence-electron chi connectivity index (χ4n) is 3.10. The van der Waals surface area contributed by atoms with Gasteiger partial charge in [-0.3, -0.25) is 28.8 Å². The lowest BCUT2D eigenvalue weighted by Gasteiger charge is -2.28. The lowest BCUT2D eigenvalue weighted by molar-refractivity contribution is -0.192. The van der Waals surface area contributed by atoms with Crippen molar-refractivity contribution in [2.45, 2.75) is 90.6 Å². The molecular weight excluding hydrogens is 577 g/mol. The number of carboxylic acids is 3. The summed E-state index contributed by atoms with van der Waals surface area (Å²) in [6, 6.07) is -4.82. The number of aliphatic carboxylic acids is 3. The van der Waals surface area contributed by atoms with E-state index in [9.17, 15) is 46.7 Å². The van der Waals surface area contributed by atoms with Gasteiger partial charge in [0, 0.05) is 13.3 Å². The van der Waals surface area contributed by atoms with E-state index < -0.39 is 90.6 Å². The van der Waals surface area contributed by atoms with Gasteiger partial charge in [0.25, 0.3) is 0 Å². The zero-order chi connectivity index (χ0) is 33.4. The van der Waals surface area contributed by atoms with Crippen molar-refractivity contribution >= 4 is 47.8 Å². The van der Waals surface area contributed by atoms with Gasteiger partial charge in [-0.25, -0.2) is 4.79 Å². The molecular formula is C24H37F3N4O11. The van der Waals surface area contributed by atoms with Crippen molar-refractivity contribution in [3.8, 4) is 0 Å². The highest BCUT2D eigenvalue weighted by molar-refractivity contribution is 5.95. The molecule has 0 spiro atoms. The third-order valence-electron chi connectivity index (χ3n) is 5.51. The molecule has 0 bridgehead atoms. The Morgan fingerprint density at radius 1 is 0.786 bits per heavy atom. The zero-order valence-corrected chi connectivity index (χ0v) is 23.6. The van der Waals surface area contributed by atoms with Gasteiger partial charge in [0.1, 0.15) is 24.4 Å². The Morgan fingerprint density at radius 3 is 1.64 bits per heavy atom. The first-order valence-electron chi connectivity index (χ1n) is 12.5. The van der Waals surface area contributed by atoms with E-state index in [1.807, 2.05) is 0 Å². The monoisotopic (exact) mass is 614 g/mol. The van der Waals surface area contributed by atoms with Crippen LogP contribution >= 0.6 is 0 Å². The molecule has 0 aliphatic rings. The van der Waals surface area contributed by atoms with Crippen LogP contribution in [0.1, 0.15) is 60.3 Å². The zero-order valence-electron chi connectivity index (χ0n) is 23.6. The van der Waals surface area contributed by atoms with Crippen molar-refractivity contribution in [1.29, 1.82) is 0 Å². The molecule has 18 heteroatoms. The second kappa shape index (κ2) is 19.0. The topological polar surface area (TPSA) is 245 Å². The molecule has 7 N–H and O–H groups in total. The number of hydrogen-bond donors (Lipinski definition) is 7. The summed E-state index contributed by atoms with van der Waals surface area (Å²) in [5.41, 5.74) is 0. The summed E-state index contributed by atoms with van der Waals surface area (Å²) >= 11 is 0. The summed E-state index contributed by atoms with van der Waals surface area (Å²) < 4.78 is 31.7. The summed E-state index contributed by atoms with van der Waals surface area (Å²) in [7, 11) is 0. The van der Waals surface area contributed by atoms with Crippen LogP contribution in [-0.2, 0) is 38.4 Å². The Hall–Kier alpha value is -4.25. The van der Waals surface area contributed by atoms with Crippen LogP contribution in [-0.4, -0.2) is 93.5 Å². The maximum absolute atomic E-state index is 13.0. The van der Waals surface area contributed by atoms with Gasteiger partial charge in [0.2, 0.25) is 23.6 Å². The van der Waals surface area contributed by atoms with Gasteiger partial charge in [-0.1, -0.05) is 34.1 Å². The Morgan fingerprint density at radius 2 is 1.29 bits per heavy atom. The molecule has 240 valence electrons. The number of halogens is 3. The number of alkyl halides is 3. The molecule has 0 aliphatic heterocycles. The molecule has 15 nitrogen and oxygen atoms in total. The first kappa shape index (κ1) is 39.9. The Bertz CT molecular complexity index is 989. The SMILES string of the molecule is CC[C@H](C)[C@H](NC(=O)[C@H](CCC(=O)O)NC(=O)[C@@H](NC(C)=O)C(C)C)C(=O)N[C@H](C=O)CC(=O)O.O=C(O)C(F)(F)F. The summed E-state index contributed by atoms with van der Waals surface area (Å²) in [5.74, 6) is -8.87. The maximum Gasteiger partial charge on any atom is 0.490 e. The average molecular weight is 615 g/mol. The standard InChI is InChI=1S/C22H36N4O9.C2HF3O2/c1-6-12(4)19(22(35)24-14(10-27)9-17(31)32)26-20(33)15(7-8-16(29)30)25-21(34)18(11(2)3)23-13(5)28;3-2(4,5)1(6)7/h10-12,14-15,18-19H,6-9H2,1-5H3,(H,23,28)(H,24,35)(H,25,34)(H,26,33)(H,29,30)(H,31,32);(H,6,7)/t12-,14-,15-,18-,19-;/m0./s1. The molecule has 0 rings (SSSR count). The lowest BCUT2D eigenvalue weighted by atomic mass is 9.96. The van der Waals surface area contributed by atoms with Crippen LogP contribution in [0.5, 0.6) is 0 Å². The van der Waals surface area contributed by atoms with Gasteiger partial charge in [-0.2, -0.15) is 13.2 Å². The Balaban J connectivity index is 0. The van der Waals surface area contributed by atoms with Crippen LogP contribution in [0.25, 0.3) is 0 Å². The largest absolute Gasteiger partial charge is 0.490 e. The Labute approximate surface area is 239 Å². The molecule has 0 saturated carbocycles. The van der Waals surface area contributed by atoms with Crippen molar-refractivity contribution in [3.05, 3.63) is 0 Å². The first-order valence-corrected chi connectivity index (χ1v) is 12.5. The molecule has 0 saturated heterocycles. The lowest BCUT2D eigenvalue weighted by Crippen LogP contribution is -2.59. The quantitative estimate of drug-likeness (QED) is 0.112. The number of carboxylic acid groups (broad SMARTS) is 3. The average Bonchev–Trinajstić information content (AvgIpc) is 2.85. The summed E-state index contributed by atoms with van der Waals surface area (Å²) in [6.45, 7) is 7.97. The van der Waals surface area contributed by atoms with Crippen LogP contribution in [0, 0.1) is 11.8 Å². The molecule has 0 fully saturated rings. The van der Waals surface area contributed by atoms with E-state index in [0.29, 0.717) is 6.42 Å². The van der Waals surface area contributed by atoms with E-state index >= 15 is 0 Å². The molecule has 4 amide bonds. The number of nitrogens with one attached hydrogen (secondary N) is 4. The minimum atomic E-state index is -5.08. The molecule has 0 aliphatic carbocycles. The van der Waals surface area contributed by atoms with Crippen LogP contribution in [0.15, 0.2) is 0 Å². The Kier molecular flexibility index (Phi) is 18.0. The van der Waals surface area contributed by atoms with Crippen molar-refractivity contribution in [2.75, 3.05) is 0 Å². The van der Waals surface area contributed by atoms with Crippen molar-refractivity contribution in [1.82, 2.24) is 21.3 Å². The van der Waals surface area contributed by atoms with Crippen LogP contribution < -0.4 is 21.3 Å². The van der Waals surface area contributed by atoms with Crippen molar-refractivity contribution in [2.24, 2.45) is 11.8 Å². The normalized spacial score (nSPS) is 14.4. The second-order valence-corrected chi connectivity index (χ2v) is 9.44. The summed E-state index contributed by atoms with van der Waals surface area (Å²) in [4.78, 5) is 92.0.